The molecule has 16 heavy (non-hydrogen) atoms. The second kappa shape index (κ2) is 7.65. The highest BCUT2D eigenvalue weighted by molar-refractivity contribution is 6.03. The first-order valence-electron chi connectivity index (χ1n) is 5.28. The molecular weight excluding hydrogens is 200 g/mol. The molecule has 4 N–H and O–H groups in total. The normalized spacial score (nSPS) is 9.06. The third-order valence-electron chi connectivity index (χ3n) is 2.18. The summed E-state index contributed by atoms with van der Waals surface area (Å²) < 4.78 is 0. The van der Waals surface area contributed by atoms with E-state index in [4.69, 9.17) is 0 Å². The molecule has 3 nitrogen and oxygen atoms in total. The molecule has 0 fully saturated rings. The van der Waals surface area contributed by atoms with E-state index in [1.165, 1.54) is 0 Å². The first kappa shape index (κ1) is 14.4. The van der Waals surface area contributed by atoms with Crippen LogP contribution in [0.15, 0.2) is 42.5 Å². The third kappa shape index (κ3) is 4.75. The Morgan fingerprint density at radius 3 is 2.50 bits per heavy atom. The molecule has 0 aliphatic heterocycles. The zero-order valence-electron chi connectivity index (χ0n) is 9.83. The van der Waals surface area contributed by atoms with E-state index in [0.717, 1.165) is 24.9 Å². The van der Waals surface area contributed by atoms with E-state index in [9.17, 15) is 4.79 Å². The second-order valence-electron chi connectivity index (χ2n) is 3.53. The van der Waals surface area contributed by atoms with Crippen LogP contribution in [0.2, 0.25) is 0 Å². The summed E-state index contributed by atoms with van der Waals surface area (Å²) in [6, 6.07) is 9.44. The van der Waals surface area contributed by atoms with Gasteiger partial charge in [-0.3, -0.25) is 4.79 Å². The van der Waals surface area contributed by atoms with Crippen molar-refractivity contribution >= 4 is 11.6 Å². The fourth-order valence-corrected chi connectivity index (χ4v) is 1.24. The molecular formula is C13H20N2O. The number of hydrogen-bond donors (Lipinski definition) is 2. The Morgan fingerprint density at radius 2 is 1.94 bits per heavy atom. The van der Waals surface area contributed by atoms with Gasteiger partial charge >= 0.3 is 0 Å². The van der Waals surface area contributed by atoms with Crippen LogP contribution in [-0.4, -0.2) is 5.91 Å². The quantitative estimate of drug-likeness (QED) is 0.745. The fourth-order valence-electron chi connectivity index (χ4n) is 1.24. The maximum atomic E-state index is 11.6. The second-order valence-corrected chi connectivity index (χ2v) is 3.53. The Balaban J connectivity index is 0.00000225. The minimum atomic E-state index is -0.0744. The highest BCUT2D eigenvalue weighted by Crippen LogP contribution is 2.10. The SMILES string of the molecule is C=C(CCCC)C(=O)Nc1ccccc1.N. The minimum absolute atomic E-state index is 0. The summed E-state index contributed by atoms with van der Waals surface area (Å²) in [6.45, 7) is 5.88. The molecule has 1 amide bonds. The van der Waals surface area contributed by atoms with Gasteiger partial charge < -0.3 is 11.5 Å². The number of benzene rings is 1. The summed E-state index contributed by atoms with van der Waals surface area (Å²) in [7, 11) is 0. The van der Waals surface area contributed by atoms with Crippen LogP contribution in [0.4, 0.5) is 5.69 Å². The Kier molecular flexibility index (Phi) is 6.88. The summed E-state index contributed by atoms with van der Waals surface area (Å²) in [5, 5.41) is 2.81. The monoisotopic (exact) mass is 220 g/mol. The van der Waals surface area contributed by atoms with Crippen molar-refractivity contribution in [2.24, 2.45) is 0 Å². The first-order chi connectivity index (χ1) is 7.24. The molecule has 0 atom stereocenters. The van der Waals surface area contributed by atoms with E-state index in [1.54, 1.807) is 0 Å². The van der Waals surface area contributed by atoms with Crippen LogP contribution in [0, 0.1) is 0 Å². The predicted molar refractivity (Wildman–Crippen MR) is 68.8 cm³/mol. The van der Waals surface area contributed by atoms with E-state index in [1.807, 2.05) is 30.3 Å². The van der Waals surface area contributed by atoms with Gasteiger partial charge in [0.05, 0.1) is 0 Å². The maximum Gasteiger partial charge on any atom is 0.250 e. The molecule has 1 rings (SSSR count). The number of unbranched alkanes of at least 4 members (excludes halogenated alkanes) is 1. The maximum absolute atomic E-state index is 11.6. The molecule has 0 unspecified atom stereocenters. The number of rotatable bonds is 5. The van der Waals surface area contributed by atoms with Gasteiger partial charge in [0, 0.05) is 11.3 Å². The first-order valence-corrected chi connectivity index (χ1v) is 5.28. The average molecular weight is 220 g/mol. The number of para-hydroxylation sites is 1. The smallest absolute Gasteiger partial charge is 0.250 e. The van der Waals surface area contributed by atoms with Crippen molar-refractivity contribution in [2.45, 2.75) is 26.2 Å². The van der Waals surface area contributed by atoms with Crippen molar-refractivity contribution in [1.82, 2.24) is 6.15 Å². The van der Waals surface area contributed by atoms with E-state index in [-0.39, 0.29) is 12.1 Å². The van der Waals surface area contributed by atoms with Crippen molar-refractivity contribution in [1.29, 1.82) is 0 Å². The molecule has 88 valence electrons. The number of nitrogens with one attached hydrogen (secondary N) is 1. The molecule has 0 heterocycles. The lowest BCUT2D eigenvalue weighted by molar-refractivity contribution is -0.113. The Bertz CT molecular complexity index is 333. The van der Waals surface area contributed by atoms with Crippen LogP contribution in [0.25, 0.3) is 0 Å². The molecule has 3 heteroatoms. The highest BCUT2D eigenvalue weighted by atomic mass is 16.1. The lowest BCUT2D eigenvalue weighted by Gasteiger charge is -2.06. The fraction of sp³-hybridized carbons (Fsp3) is 0.308. The minimum Gasteiger partial charge on any atom is -0.344 e. The number of hydrogen-bond acceptors (Lipinski definition) is 2. The van der Waals surface area contributed by atoms with Crippen molar-refractivity contribution in [3.8, 4) is 0 Å². The van der Waals surface area contributed by atoms with E-state index in [0.29, 0.717) is 5.57 Å². The van der Waals surface area contributed by atoms with Crippen molar-refractivity contribution in [2.75, 3.05) is 5.32 Å². The summed E-state index contributed by atoms with van der Waals surface area (Å²) >= 11 is 0. The molecule has 0 aliphatic rings. The number of amides is 1. The molecule has 1 aromatic rings. The predicted octanol–water partition coefficient (Wildman–Crippen LogP) is 3.53. The molecule has 0 aromatic heterocycles. The number of anilines is 1. The zero-order chi connectivity index (χ0) is 11.1. The van der Waals surface area contributed by atoms with Gasteiger partial charge in [-0.15, -0.1) is 0 Å². The molecule has 0 spiro atoms. The summed E-state index contributed by atoms with van der Waals surface area (Å²) in [6.07, 6.45) is 2.87. The third-order valence-corrected chi connectivity index (χ3v) is 2.18. The molecule has 0 bridgehead atoms. The Hall–Kier alpha value is -1.61. The van der Waals surface area contributed by atoms with E-state index < -0.39 is 0 Å². The summed E-state index contributed by atoms with van der Waals surface area (Å²) in [5.41, 5.74) is 1.47. The van der Waals surface area contributed by atoms with Crippen molar-refractivity contribution in [3.05, 3.63) is 42.5 Å². The van der Waals surface area contributed by atoms with Crippen molar-refractivity contribution in [3.63, 3.8) is 0 Å². The van der Waals surface area contributed by atoms with Gasteiger partial charge in [-0.05, 0) is 25.0 Å². The van der Waals surface area contributed by atoms with Gasteiger partial charge in [-0.1, -0.05) is 38.1 Å². The van der Waals surface area contributed by atoms with Gasteiger partial charge in [-0.25, -0.2) is 0 Å². The largest absolute Gasteiger partial charge is 0.344 e. The summed E-state index contributed by atoms with van der Waals surface area (Å²) in [4.78, 5) is 11.6. The average Bonchev–Trinajstić information content (AvgIpc) is 2.27. The van der Waals surface area contributed by atoms with Crippen LogP contribution in [-0.2, 0) is 4.79 Å². The van der Waals surface area contributed by atoms with Gasteiger partial charge in [0.1, 0.15) is 0 Å². The highest BCUT2D eigenvalue weighted by Gasteiger charge is 2.05. The van der Waals surface area contributed by atoms with Crippen molar-refractivity contribution < 1.29 is 4.79 Å². The van der Waals surface area contributed by atoms with Gasteiger partial charge in [0.15, 0.2) is 0 Å². The lowest BCUT2D eigenvalue weighted by Crippen LogP contribution is -2.13. The van der Waals surface area contributed by atoms with Crippen LogP contribution in [0.5, 0.6) is 0 Å². The Labute approximate surface area is 97.1 Å². The van der Waals surface area contributed by atoms with Crippen LogP contribution < -0.4 is 11.5 Å². The van der Waals surface area contributed by atoms with Gasteiger partial charge in [0.2, 0.25) is 0 Å². The molecule has 0 saturated carbocycles. The molecule has 0 saturated heterocycles. The van der Waals surface area contributed by atoms with E-state index >= 15 is 0 Å². The van der Waals surface area contributed by atoms with E-state index in [2.05, 4.69) is 18.8 Å². The number of carbonyl (C=O) groups excluding carboxylic acids is 1. The van der Waals surface area contributed by atoms with Gasteiger partial charge in [0.25, 0.3) is 5.91 Å². The standard InChI is InChI=1S/C13H17NO.H3N/c1-3-4-8-11(2)13(15)14-12-9-6-5-7-10-12;/h5-7,9-10H,2-4,8H2,1H3,(H,14,15);1H3. The lowest BCUT2D eigenvalue weighted by atomic mass is 10.1. The summed E-state index contributed by atoms with van der Waals surface area (Å²) in [5.74, 6) is -0.0744. The van der Waals surface area contributed by atoms with Crippen LogP contribution in [0.3, 0.4) is 0 Å². The molecule has 0 radical (unpaired) electrons. The Morgan fingerprint density at radius 1 is 1.31 bits per heavy atom. The van der Waals surface area contributed by atoms with Gasteiger partial charge in [-0.2, -0.15) is 0 Å². The zero-order valence-corrected chi connectivity index (χ0v) is 9.83. The number of carbonyl (C=O) groups is 1. The molecule has 1 aromatic carbocycles. The van der Waals surface area contributed by atoms with Crippen LogP contribution in [0.1, 0.15) is 26.2 Å². The topological polar surface area (TPSA) is 64.1 Å². The van der Waals surface area contributed by atoms with Crippen LogP contribution >= 0.6 is 0 Å². The molecule has 0 aliphatic carbocycles.